The molecule has 0 radical (unpaired) electrons. The Morgan fingerprint density at radius 3 is 2.75 bits per heavy atom. The summed E-state index contributed by atoms with van der Waals surface area (Å²) in [6.07, 6.45) is 5.93. The molecule has 0 bridgehead atoms. The molecule has 0 aromatic carbocycles. The first-order valence-electron chi connectivity index (χ1n) is 8.31. The van der Waals surface area contributed by atoms with Crippen LogP contribution in [0.1, 0.15) is 42.6 Å². The van der Waals surface area contributed by atoms with Crippen molar-refractivity contribution in [3.63, 3.8) is 0 Å². The van der Waals surface area contributed by atoms with Gasteiger partial charge in [-0.05, 0) is 37.3 Å². The summed E-state index contributed by atoms with van der Waals surface area (Å²) in [7, 11) is 0. The van der Waals surface area contributed by atoms with E-state index in [4.69, 9.17) is 0 Å². The normalized spacial score (nSPS) is 25.8. The van der Waals surface area contributed by atoms with E-state index in [0.29, 0.717) is 6.42 Å². The van der Waals surface area contributed by atoms with Gasteiger partial charge in [0, 0.05) is 12.2 Å². The number of likely N-dealkylation sites (tertiary alicyclic amines) is 1. The minimum Gasteiger partial charge on any atom is -0.480 e. The van der Waals surface area contributed by atoms with Crippen molar-refractivity contribution in [1.29, 1.82) is 0 Å². The fraction of sp³-hybridized carbons (Fsp3) is 0.529. The van der Waals surface area contributed by atoms with E-state index in [1.807, 2.05) is 0 Å². The van der Waals surface area contributed by atoms with Crippen LogP contribution in [0.4, 0.5) is 0 Å². The summed E-state index contributed by atoms with van der Waals surface area (Å²) in [5.41, 5.74) is 0.233. The van der Waals surface area contributed by atoms with Crippen molar-refractivity contribution < 1.29 is 19.5 Å². The number of nitrogens with zero attached hydrogens (tertiary/aromatic N) is 2. The van der Waals surface area contributed by atoms with Crippen LogP contribution < -0.4 is 5.32 Å². The van der Waals surface area contributed by atoms with E-state index in [0.717, 1.165) is 25.7 Å². The molecular formula is C17H21N3O4. The molecule has 1 aliphatic carbocycles. The van der Waals surface area contributed by atoms with Crippen molar-refractivity contribution >= 4 is 17.8 Å². The van der Waals surface area contributed by atoms with E-state index >= 15 is 0 Å². The summed E-state index contributed by atoms with van der Waals surface area (Å²) in [6.45, 7) is -0.206. The Bertz CT molecular complexity index is 634. The number of aliphatic carboxylic acids is 1. The standard InChI is InChI=1S/C17H21N3O4/c21-15(10-19-16(22)12-6-3-4-8-18-12)20-13-7-2-1-5-11(13)9-14(20)17(23)24/h3-4,6,8,11,13-14H,1-2,5,7,9-10H2,(H,19,22)(H,23,24). The number of carboxylic acid groups (broad SMARTS) is 1. The van der Waals surface area contributed by atoms with Gasteiger partial charge in [-0.1, -0.05) is 18.9 Å². The molecular weight excluding hydrogens is 310 g/mol. The zero-order valence-electron chi connectivity index (χ0n) is 13.4. The maximum Gasteiger partial charge on any atom is 0.326 e. The number of carbonyl (C=O) groups is 3. The molecule has 24 heavy (non-hydrogen) atoms. The maximum absolute atomic E-state index is 12.6. The van der Waals surface area contributed by atoms with Gasteiger partial charge in [-0.25, -0.2) is 4.79 Å². The first kappa shape index (κ1) is 16.4. The predicted molar refractivity (Wildman–Crippen MR) is 85.2 cm³/mol. The molecule has 3 atom stereocenters. The van der Waals surface area contributed by atoms with Crippen LogP contribution in [0, 0.1) is 5.92 Å². The number of pyridine rings is 1. The number of amides is 2. The highest BCUT2D eigenvalue weighted by atomic mass is 16.4. The number of carbonyl (C=O) groups excluding carboxylic acids is 2. The van der Waals surface area contributed by atoms with Crippen LogP contribution in [-0.2, 0) is 9.59 Å². The van der Waals surface area contributed by atoms with Gasteiger partial charge in [0.15, 0.2) is 0 Å². The zero-order chi connectivity index (χ0) is 17.1. The van der Waals surface area contributed by atoms with Gasteiger partial charge in [-0.3, -0.25) is 14.6 Å². The van der Waals surface area contributed by atoms with Gasteiger partial charge in [0.2, 0.25) is 5.91 Å². The first-order chi connectivity index (χ1) is 11.6. The van der Waals surface area contributed by atoms with E-state index in [9.17, 15) is 19.5 Å². The molecule has 1 saturated carbocycles. The molecule has 1 aromatic heterocycles. The first-order valence-corrected chi connectivity index (χ1v) is 8.31. The number of aromatic nitrogens is 1. The van der Waals surface area contributed by atoms with Crippen molar-refractivity contribution in [1.82, 2.24) is 15.2 Å². The zero-order valence-corrected chi connectivity index (χ0v) is 13.4. The maximum atomic E-state index is 12.6. The third kappa shape index (κ3) is 3.25. The fourth-order valence-corrected chi connectivity index (χ4v) is 3.87. The molecule has 2 N–H and O–H groups in total. The number of fused-ring (bicyclic) bond motifs is 1. The van der Waals surface area contributed by atoms with Crippen molar-refractivity contribution in [3.8, 4) is 0 Å². The second-order valence-electron chi connectivity index (χ2n) is 6.40. The molecule has 1 aliphatic heterocycles. The van der Waals surface area contributed by atoms with E-state index in [2.05, 4.69) is 10.3 Å². The smallest absolute Gasteiger partial charge is 0.326 e. The number of rotatable bonds is 4. The van der Waals surface area contributed by atoms with Gasteiger partial charge in [0.25, 0.3) is 5.91 Å². The third-order valence-electron chi connectivity index (χ3n) is 4.96. The lowest BCUT2D eigenvalue weighted by Crippen LogP contribution is -2.50. The Kier molecular flexibility index (Phi) is 4.78. The molecule has 128 valence electrons. The summed E-state index contributed by atoms with van der Waals surface area (Å²) in [6, 6.07) is 4.16. The highest BCUT2D eigenvalue weighted by molar-refractivity contribution is 5.95. The van der Waals surface area contributed by atoms with Crippen LogP contribution >= 0.6 is 0 Å². The summed E-state index contributed by atoms with van der Waals surface area (Å²) in [4.78, 5) is 41.5. The molecule has 2 aliphatic rings. The molecule has 7 heteroatoms. The monoisotopic (exact) mass is 331 g/mol. The molecule has 1 aromatic rings. The van der Waals surface area contributed by atoms with Crippen molar-refractivity contribution in [2.45, 2.75) is 44.2 Å². The topological polar surface area (TPSA) is 99.6 Å². The molecule has 3 unspecified atom stereocenters. The molecule has 0 spiro atoms. The lowest BCUT2D eigenvalue weighted by atomic mass is 9.85. The number of hydrogen-bond donors (Lipinski definition) is 2. The van der Waals surface area contributed by atoms with Crippen molar-refractivity contribution in [3.05, 3.63) is 30.1 Å². The lowest BCUT2D eigenvalue weighted by molar-refractivity contribution is -0.149. The van der Waals surface area contributed by atoms with Crippen LogP contribution in [0.3, 0.4) is 0 Å². The summed E-state index contributed by atoms with van der Waals surface area (Å²) in [5.74, 6) is -1.47. The minimum atomic E-state index is -0.964. The van der Waals surface area contributed by atoms with E-state index in [1.54, 1.807) is 18.2 Å². The van der Waals surface area contributed by atoms with Crippen LogP contribution in [0.25, 0.3) is 0 Å². The van der Waals surface area contributed by atoms with Crippen LogP contribution in [0.15, 0.2) is 24.4 Å². The summed E-state index contributed by atoms with van der Waals surface area (Å²) < 4.78 is 0. The van der Waals surface area contributed by atoms with Gasteiger partial charge >= 0.3 is 5.97 Å². The second kappa shape index (κ2) is 6.98. The van der Waals surface area contributed by atoms with Crippen molar-refractivity contribution in [2.24, 2.45) is 5.92 Å². The lowest BCUT2D eigenvalue weighted by Gasteiger charge is -2.33. The highest BCUT2D eigenvalue weighted by Crippen LogP contribution is 2.39. The molecule has 1 saturated heterocycles. The largest absolute Gasteiger partial charge is 0.480 e. The van der Waals surface area contributed by atoms with Crippen LogP contribution in [0.2, 0.25) is 0 Å². The average molecular weight is 331 g/mol. The van der Waals surface area contributed by atoms with E-state index < -0.39 is 17.9 Å². The Morgan fingerprint density at radius 2 is 2.04 bits per heavy atom. The van der Waals surface area contributed by atoms with Crippen LogP contribution in [-0.4, -0.2) is 51.4 Å². The van der Waals surface area contributed by atoms with Gasteiger partial charge in [-0.2, -0.15) is 0 Å². The minimum absolute atomic E-state index is 0.0147. The summed E-state index contributed by atoms with van der Waals surface area (Å²) >= 11 is 0. The Morgan fingerprint density at radius 1 is 1.25 bits per heavy atom. The van der Waals surface area contributed by atoms with Crippen molar-refractivity contribution in [2.75, 3.05) is 6.54 Å². The number of carboxylic acids is 1. The van der Waals surface area contributed by atoms with Gasteiger partial charge in [0.1, 0.15) is 11.7 Å². The average Bonchev–Trinajstić information content (AvgIpc) is 3.00. The number of hydrogen-bond acceptors (Lipinski definition) is 4. The SMILES string of the molecule is O=C(NCC(=O)N1C(C(=O)O)CC2CCCCC21)c1ccccn1. The van der Waals surface area contributed by atoms with E-state index in [-0.39, 0.29) is 30.1 Å². The Hall–Kier alpha value is -2.44. The third-order valence-corrected chi connectivity index (χ3v) is 4.96. The number of nitrogens with one attached hydrogen (secondary N) is 1. The summed E-state index contributed by atoms with van der Waals surface area (Å²) in [5, 5.41) is 12.0. The van der Waals surface area contributed by atoms with E-state index in [1.165, 1.54) is 11.1 Å². The van der Waals surface area contributed by atoms with Gasteiger partial charge in [-0.15, -0.1) is 0 Å². The quantitative estimate of drug-likeness (QED) is 0.859. The molecule has 2 heterocycles. The predicted octanol–water partition coefficient (Wildman–Crippen LogP) is 1.06. The second-order valence-corrected chi connectivity index (χ2v) is 6.40. The fourth-order valence-electron chi connectivity index (χ4n) is 3.87. The van der Waals surface area contributed by atoms with Crippen LogP contribution in [0.5, 0.6) is 0 Å². The highest BCUT2D eigenvalue weighted by Gasteiger charge is 2.47. The van der Waals surface area contributed by atoms with Gasteiger partial charge in [0.05, 0.1) is 6.54 Å². The molecule has 7 nitrogen and oxygen atoms in total. The Balaban J connectivity index is 1.66. The molecule has 2 fully saturated rings. The Labute approximate surface area is 140 Å². The molecule has 2 amide bonds. The molecule has 3 rings (SSSR count). The van der Waals surface area contributed by atoms with Gasteiger partial charge < -0.3 is 15.3 Å².